The van der Waals surface area contributed by atoms with Crippen molar-refractivity contribution < 1.29 is 18.8 Å². The molecule has 12 heteroatoms. The molecule has 0 spiro atoms. The molecule has 0 radical (unpaired) electrons. The van der Waals surface area contributed by atoms with Gasteiger partial charge in [-0.3, -0.25) is 14.4 Å². The number of hydrogen-bond donors (Lipinski definition) is 1. The van der Waals surface area contributed by atoms with E-state index in [4.69, 9.17) is 19.8 Å². The van der Waals surface area contributed by atoms with Crippen LogP contribution >= 0.6 is 0 Å². The number of ether oxygens (including phenoxy) is 1. The molecule has 2 aromatic carbocycles. The monoisotopic (exact) mass is 509 g/mol. The average molecular weight is 509 g/mol. The summed E-state index contributed by atoms with van der Waals surface area (Å²) in [5.41, 5.74) is 12.0. The summed E-state index contributed by atoms with van der Waals surface area (Å²) in [6.07, 6.45) is 1.64. The molecule has 0 aromatic heterocycles. The van der Waals surface area contributed by atoms with Gasteiger partial charge in [0, 0.05) is 23.9 Å². The van der Waals surface area contributed by atoms with Crippen molar-refractivity contribution >= 4 is 24.5 Å². The van der Waals surface area contributed by atoms with Crippen LogP contribution < -0.4 is 21.5 Å². The number of azide groups is 1. The predicted molar refractivity (Wildman–Crippen MR) is 140 cm³/mol. The van der Waals surface area contributed by atoms with Gasteiger partial charge in [-0.05, 0) is 51.5 Å². The molecule has 0 bridgehead atoms. The third-order valence-electron chi connectivity index (χ3n) is 7.87. The second-order valence-electron chi connectivity index (χ2n) is 10.8. The van der Waals surface area contributed by atoms with E-state index in [1.165, 1.54) is 0 Å². The molecule has 2 aliphatic rings. The van der Waals surface area contributed by atoms with Crippen molar-refractivity contribution in [2.24, 2.45) is 11.0 Å². The lowest BCUT2D eigenvalue weighted by Crippen LogP contribution is -2.47. The quantitative estimate of drug-likeness (QED) is 0.135. The number of benzene rings is 1. The Hall–Kier alpha value is -3.34. The molecule has 2 heterocycles. The van der Waals surface area contributed by atoms with Gasteiger partial charge in [0.1, 0.15) is 18.0 Å². The topological polar surface area (TPSA) is 157 Å². The molecular weight excluding hydrogens is 477 g/mol. The van der Waals surface area contributed by atoms with E-state index in [1.807, 2.05) is 58.0 Å². The number of carbonyl (C=O) groups excluding carboxylic acids is 1. The van der Waals surface area contributed by atoms with Crippen molar-refractivity contribution in [3.63, 3.8) is 0 Å². The first kappa shape index (κ1) is 26.7. The van der Waals surface area contributed by atoms with Crippen LogP contribution in [0, 0.1) is 5.92 Å². The van der Waals surface area contributed by atoms with E-state index in [0.717, 1.165) is 5.56 Å². The van der Waals surface area contributed by atoms with Crippen molar-refractivity contribution in [1.82, 2.24) is 0 Å². The van der Waals surface area contributed by atoms with Gasteiger partial charge in [0.25, 0.3) is 10.9 Å². The normalized spacial score (nSPS) is 24.3. The molecule has 0 aliphatic carbocycles. The summed E-state index contributed by atoms with van der Waals surface area (Å²) in [6, 6.07) is 9.15. The van der Waals surface area contributed by atoms with Gasteiger partial charge in [-0.1, -0.05) is 41.9 Å². The molecular formula is C25H32BN5O6. The van der Waals surface area contributed by atoms with Gasteiger partial charge in [0.15, 0.2) is 5.54 Å². The first-order valence-corrected chi connectivity index (χ1v) is 12.4. The number of esters is 1. The molecule has 2 aliphatic heterocycles. The van der Waals surface area contributed by atoms with E-state index in [-0.39, 0.29) is 31.1 Å². The first-order valence-electron chi connectivity index (χ1n) is 12.4. The Bertz CT molecular complexity index is 1270. The Morgan fingerprint density at radius 1 is 1.19 bits per heavy atom. The lowest BCUT2D eigenvalue weighted by molar-refractivity contribution is -0.152. The van der Waals surface area contributed by atoms with E-state index >= 15 is 0 Å². The summed E-state index contributed by atoms with van der Waals surface area (Å²) in [6.45, 7) is 8.02. The molecule has 11 nitrogen and oxygen atoms in total. The van der Waals surface area contributed by atoms with Crippen molar-refractivity contribution in [3.05, 3.63) is 66.8 Å². The zero-order valence-corrected chi connectivity index (χ0v) is 21.6. The molecule has 0 amide bonds. The van der Waals surface area contributed by atoms with Crippen LogP contribution in [0.25, 0.3) is 10.4 Å². The van der Waals surface area contributed by atoms with Crippen LogP contribution in [0.15, 0.2) is 45.0 Å². The molecule has 2 N–H and O–H groups in total. The third-order valence-corrected chi connectivity index (χ3v) is 7.87. The molecule has 196 valence electrons. The number of nitrogens with zero attached hydrogens (tertiary/aromatic N) is 4. The van der Waals surface area contributed by atoms with Crippen LogP contribution in [0.3, 0.4) is 0 Å². The van der Waals surface area contributed by atoms with Gasteiger partial charge in [-0.2, -0.15) is 0 Å². The van der Waals surface area contributed by atoms with E-state index in [0.29, 0.717) is 19.2 Å². The van der Waals surface area contributed by atoms with Crippen molar-refractivity contribution in [1.29, 1.82) is 0 Å². The number of nitrogen functional groups attached to an aromatic ring is 1. The highest BCUT2D eigenvalue weighted by Gasteiger charge is 2.55. The minimum absolute atomic E-state index is 0.00522. The van der Waals surface area contributed by atoms with Crippen LogP contribution in [0.5, 0.6) is 0 Å². The summed E-state index contributed by atoms with van der Waals surface area (Å²) < 4.78 is 17.8. The predicted octanol–water partition coefficient (Wildman–Crippen LogP) is 2.97. The molecule has 0 unspecified atom stereocenters. The summed E-state index contributed by atoms with van der Waals surface area (Å²) in [7, 11) is -0.411. The Kier molecular flexibility index (Phi) is 7.11. The smallest absolute Gasteiger partial charge is 0.457 e. The van der Waals surface area contributed by atoms with E-state index in [2.05, 4.69) is 10.0 Å². The summed E-state index contributed by atoms with van der Waals surface area (Å²) in [5, 5.41) is 3.95. The Labute approximate surface area is 215 Å². The molecule has 2 aromatic rings. The molecule has 2 saturated heterocycles. The van der Waals surface area contributed by atoms with Crippen LogP contribution in [0.4, 0.5) is 11.4 Å². The number of carbonyl (C=O) groups is 1. The van der Waals surface area contributed by atoms with Crippen LogP contribution in [0.1, 0.15) is 46.1 Å². The van der Waals surface area contributed by atoms with Gasteiger partial charge < -0.3 is 24.7 Å². The molecule has 0 saturated carbocycles. The molecule has 2 fully saturated rings. The van der Waals surface area contributed by atoms with Crippen molar-refractivity contribution in [2.45, 2.75) is 70.2 Å². The fourth-order valence-corrected chi connectivity index (χ4v) is 5.04. The third kappa shape index (κ3) is 4.84. The largest absolute Gasteiger partial charge is 0.460 e. The van der Waals surface area contributed by atoms with Crippen molar-refractivity contribution in [3.8, 4) is 0 Å². The van der Waals surface area contributed by atoms with E-state index in [1.54, 1.807) is 4.90 Å². The highest BCUT2D eigenvalue weighted by molar-refractivity contribution is 6.45. The Balaban J connectivity index is 1.54. The van der Waals surface area contributed by atoms with Crippen molar-refractivity contribution in [2.75, 3.05) is 23.7 Å². The second kappa shape index (κ2) is 9.85. The zero-order chi connectivity index (χ0) is 27.0. The fourth-order valence-electron chi connectivity index (χ4n) is 5.04. The summed E-state index contributed by atoms with van der Waals surface area (Å²) >= 11 is 0. The van der Waals surface area contributed by atoms with Gasteiger partial charge in [0.05, 0.1) is 11.2 Å². The van der Waals surface area contributed by atoms with Gasteiger partial charge in [0.2, 0.25) is 0 Å². The standard InChI is InChI=1S/C25H32BN5O6/c1-23(2)24(3,4)37-26(36-23)12-8-11-17-13-31(19-18(27)20(32)21(19)33)15-25(17,29-30-28)22(34)35-14-16-9-6-5-7-10-16/h5-7,9-10,17H,8,11-15,27H2,1-4H3/t17-,25-/m1/s1. The number of hydrogen-bond acceptors (Lipinski definition) is 9. The lowest BCUT2D eigenvalue weighted by atomic mass is 9.78. The lowest BCUT2D eigenvalue weighted by Gasteiger charge is -2.32. The fraction of sp³-hybridized carbons (Fsp3) is 0.560. The van der Waals surface area contributed by atoms with E-state index in [9.17, 15) is 19.9 Å². The highest BCUT2D eigenvalue weighted by atomic mass is 16.7. The number of rotatable bonds is 9. The van der Waals surface area contributed by atoms with Crippen LogP contribution in [-0.2, 0) is 25.4 Å². The van der Waals surface area contributed by atoms with Crippen LogP contribution in [-0.4, -0.2) is 42.9 Å². The SMILES string of the molecule is CC1(C)OB(CCC[C@@H]2CN(c3c(N)c(=O)c3=O)C[C@]2(N=[N+]=[N-])C(=O)OCc2ccccc2)OC1(C)C. The molecule has 37 heavy (non-hydrogen) atoms. The first-order chi connectivity index (χ1) is 17.4. The average Bonchev–Trinajstić information content (AvgIpc) is 3.30. The minimum Gasteiger partial charge on any atom is -0.460 e. The number of nitrogens with two attached hydrogens (primary N) is 1. The van der Waals surface area contributed by atoms with Gasteiger partial charge in [-0.15, -0.1) is 0 Å². The maximum absolute atomic E-state index is 13.5. The zero-order valence-electron chi connectivity index (χ0n) is 21.6. The maximum Gasteiger partial charge on any atom is 0.457 e. The van der Waals surface area contributed by atoms with Crippen LogP contribution in [0.2, 0.25) is 6.32 Å². The van der Waals surface area contributed by atoms with E-state index < -0.39 is 46.6 Å². The molecule has 2 atom stereocenters. The second-order valence-corrected chi connectivity index (χ2v) is 10.8. The number of anilines is 2. The highest BCUT2D eigenvalue weighted by Crippen LogP contribution is 2.41. The maximum atomic E-state index is 13.5. The molecule has 4 rings (SSSR count). The van der Waals surface area contributed by atoms with Gasteiger partial charge in [-0.25, -0.2) is 0 Å². The summed E-state index contributed by atoms with van der Waals surface area (Å²) in [4.78, 5) is 42.0. The van der Waals surface area contributed by atoms with Gasteiger partial charge >= 0.3 is 13.1 Å². The Morgan fingerprint density at radius 3 is 2.43 bits per heavy atom. The Morgan fingerprint density at radius 2 is 1.84 bits per heavy atom. The minimum atomic E-state index is -1.59. The summed E-state index contributed by atoms with van der Waals surface area (Å²) in [5.74, 6) is -1.17.